The number of benzene rings is 1. The van der Waals surface area contributed by atoms with Gasteiger partial charge in [-0.15, -0.1) is 0 Å². The number of amides is 1. The molecule has 0 aromatic heterocycles. The summed E-state index contributed by atoms with van der Waals surface area (Å²) in [6, 6.07) is 2.64. The Labute approximate surface area is 125 Å². The molecule has 0 heterocycles. The molecule has 1 amide bonds. The number of aliphatic carboxylic acids is 1. The average molecular weight is 317 g/mol. The van der Waals surface area contributed by atoms with Crippen LogP contribution < -0.4 is 5.32 Å². The van der Waals surface area contributed by atoms with Crippen molar-refractivity contribution in [3.63, 3.8) is 0 Å². The molecule has 1 aromatic carbocycles. The van der Waals surface area contributed by atoms with E-state index in [-0.39, 0.29) is 5.69 Å². The molecule has 0 spiro atoms. The number of phenolic OH excluding ortho intramolecular Hbond substituents is 1. The summed E-state index contributed by atoms with van der Waals surface area (Å²) in [6.45, 7) is 4.84. The van der Waals surface area contributed by atoms with Crippen LogP contribution in [0.25, 0.3) is 0 Å². The first kappa shape index (κ1) is 17.7. The third kappa shape index (κ3) is 5.19. The van der Waals surface area contributed by atoms with Gasteiger partial charge in [-0.2, -0.15) is 0 Å². The highest BCUT2D eigenvalue weighted by Gasteiger charge is 2.35. The van der Waals surface area contributed by atoms with Crippen LogP contribution in [0.5, 0.6) is 5.75 Å². The topological polar surface area (TPSA) is 95.9 Å². The Morgan fingerprint density at radius 1 is 1.27 bits per heavy atom. The molecular formula is C14H17F2NO5. The van der Waals surface area contributed by atoms with E-state index in [4.69, 9.17) is 9.84 Å². The summed E-state index contributed by atoms with van der Waals surface area (Å²) in [5, 5.41) is 20.2. The van der Waals surface area contributed by atoms with Crippen LogP contribution in [-0.4, -0.2) is 27.9 Å². The Morgan fingerprint density at radius 2 is 1.86 bits per heavy atom. The lowest BCUT2D eigenvalue weighted by molar-refractivity contribution is -0.145. The van der Waals surface area contributed by atoms with Gasteiger partial charge in [0.2, 0.25) is 0 Å². The number of nitrogens with one attached hydrogen (secondary N) is 1. The van der Waals surface area contributed by atoms with Crippen molar-refractivity contribution in [2.24, 2.45) is 0 Å². The van der Waals surface area contributed by atoms with E-state index in [9.17, 15) is 23.5 Å². The van der Waals surface area contributed by atoms with E-state index < -0.39 is 41.3 Å². The zero-order chi connectivity index (χ0) is 17.1. The summed E-state index contributed by atoms with van der Waals surface area (Å²) in [6.07, 6.45) is -2.33. The number of ether oxygens (including phenoxy) is 1. The standard InChI is InChI=1S/C14H17F2NO5/c1-13(2,3)22-12(21)17-9-6-8(4-5-10(9)18)14(15,16)7-11(19)20/h4-6,18H,7H2,1-3H3,(H,17,21)(H,19,20). The van der Waals surface area contributed by atoms with Crippen LogP contribution in [0, 0.1) is 0 Å². The molecule has 0 aliphatic carbocycles. The van der Waals surface area contributed by atoms with Crippen LogP contribution in [0.3, 0.4) is 0 Å². The van der Waals surface area contributed by atoms with Crippen molar-refractivity contribution in [2.75, 3.05) is 5.32 Å². The van der Waals surface area contributed by atoms with E-state index >= 15 is 0 Å². The Bertz CT molecular complexity index is 581. The van der Waals surface area contributed by atoms with E-state index in [1.54, 1.807) is 20.8 Å². The summed E-state index contributed by atoms with van der Waals surface area (Å²) in [4.78, 5) is 22.0. The molecule has 1 aromatic rings. The Hall–Kier alpha value is -2.38. The van der Waals surface area contributed by atoms with Gasteiger partial charge in [-0.3, -0.25) is 10.1 Å². The highest BCUT2D eigenvalue weighted by Crippen LogP contribution is 2.36. The maximum Gasteiger partial charge on any atom is 0.412 e. The minimum Gasteiger partial charge on any atom is -0.506 e. The fourth-order valence-electron chi connectivity index (χ4n) is 1.57. The Kier molecular flexibility index (Phi) is 4.95. The van der Waals surface area contributed by atoms with Gasteiger partial charge in [0.25, 0.3) is 5.92 Å². The molecule has 0 bridgehead atoms. The van der Waals surface area contributed by atoms with Gasteiger partial charge in [0.1, 0.15) is 17.8 Å². The average Bonchev–Trinajstić information content (AvgIpc) is 2.27. The van der Waals surface area contributed by atoms with Crippen molar-refractivity contribution in [1.29, 1.82) is 0 Å². The fraction of sp³-hybridized carbons (Fsp3) is 0.429. The normalized spacial score (nSPS) is 11.9. The van der Waals surface area contributed by atoms with Crippen molar-refractivity contribution in [3.8, 4) is 5.75 Å². The number of carbonyl (C=O) groups excluding carboxylic acids is 1. The zero-order valence-electron chi connectivity index (χ0n) is 12.3. The molecule has 0 atom stereocenters. The molecule has 0 radical (unpaired) electrons. The number of carboxylic acid groups (broad SMARTS) is 1. The van der Waals surface area contributed by atoms with Crippen LogP contribution in [0.2, 0.25) is 0 Å². The minimum absolute atomic E-state index is 0.295. The minimum atomic E-state index is -3.64. The van der Waals surface area contributed by atoms with Crippen molar-refractivity contribution in [3.05, 3.63) is 23.8 Å². The number of halogens is 2. The van der Waals surface area contributed by atoms with E-state index in [0.717, 1.165) is 18.2 Å². The highest BCUT2D eigenvalue weighted by molar-refractivity contribution is 5.87. The first-order valence-corrected chi connectivity index (χ1v) is 6.34. The lowest BCUT2D eigenvalue weighted by Gasteiger charge is -2.21. The van der Waals surface area contributed by atoms with Crippen LogP contribution in [0.4, 0.5) is 19.3 Å². The number of hydrogen-bond acceptors (Lipinski definition) is 4. The SMILES string of the molecule is CC(C)(C)OC(=O)Nc1cc(C(F)(F)CC(=O)O)ccc1O. The molecule has 0 fully saturated rings. The van der Waals surface area contributed by atoms with E-state index in [1.165, 1.54) is 0 Å². The molecule has 0 aliphatic heterocycles. The quantitative estimate of drug-likeness (QED) is 0.740. The molecule has 6 nitrogen and oxygen atoms in total. The van der Waals surface area contributed by atoms with E-state index in [2.05, 4.69) is 5.32 Å². The van der Waals surface area contributed by atoms with Gasteiger partial charge in [-0.05, 0) is 39.0 Å². The van der Waals surface area contributed by atoms with E-state index in [1.807, 2.05) is 0 Å². The van der Waals surface area contributed by atoms with Crippen molar-refractivity contribution >= 4 is 17.7 Å². The molecule has 1 rings (SSSR count). The van der Waals surface area contributed by atoms with Gasteiger partial charge in [0, 0.05) is 5.56 Å². The van der Waals surface area contributed by atoms with Crippen LogP contribution in [-0.2, 0) is 15.5 Å². The number of alkyl halides is 2. The molecule has 22 heavy (non-hydrogen) atoms. The second kappa shape index (κ2) is 6.17. The van der Waals surface area contributed by atoms with Gasteiger partial charge in [0.15, 0.2) is 0 Å². The molecule has 0 aliphatic rings. The maximum absolute atomic E-state index is 13.7. The third-order valence-electron chi connectivity index (χ3n) is 2.43. The number of carboxylic acids is 1. The number of hydrogen-bond donors (Lipinski definition) is 3. The van der Waals surface area contributed by atoms with Crippen molar-refractivity contribution in [2.45, 2.75) is 38.7 Å². The van der Waals surface area contributed by atoms with Crippen LogP contribution in [0.15, 0.2) is 18.2 Å². The lowest BCUT2D eigenvalue weighted by atomic mass is 10.0. The first-order chi connectivity index (χ1) is 9.90. The number of rotatable bonds is 4. The number of carbonyl (C=O) groups is 2. The summed E-state index contributed by atoms with van der Waals surface area (Å²) < 4.78 is 32.4. The largest absolute Gasteiger partial charge is 0.506 e. The fourth-order valence-corrected chi connectivity index (χ4v) is 1.57. The second-order valence-corrected chi connectivity index (χ2v) is 5.63. The van der Waals surface area contributed by atoms with E-state index in [0.29, 0.717) is 0 Å². The predicted molar refractivity (Wildman–Crippen MR) is 74.1 cm³/mol. The van der Waals surface area contributed by atoms with Crippen molar-refractivity contribution in [1.82, 2.24) is 0 Å². The molecule has 8 heteroatoms. The zero-order valence-corrected chi connectivity index (χ0v) is 12.3. The number of anilines is 1. The van der Waals surface area contributed by atoms with Gasteiger partial charge in [-0.1, -0.05) is 0 Å². The van der Waals surface area contributed by atoms with Crippen LogP contribution in [0.1, 0.15) is 32.8 Å². The van der Waals surface area contributed by atoms with Gasteiger partial charge in [0.05, 0.1) is 5.69 Å². The Balaban J connectivity index is 3.00. The number of aromatic hydroxyl groups is 1. The van der Waals surface area contributed by atoms with Gasteiger partial charge >= 0.3 is 12.1 Å². The van der Waals surface area contributed by atoms with Crippen molar-refractivity contribution < 1.29 is 33.3 Å². The molecule has 3 N–H and O–H groups in total. The predicted octanol–water partition coefficient (Wildman–Crippen LogP) is 3.31. The monoisotopic (exact) mass is 317 g/mol. The summed E-state index contributed by atoms with van der Waals surface area (Å²) in [7, 11) is 0. The summed E-state index contributed by atoms with van der Waals surface area (Å²) in [5.74, 6) is -5.75. The summed E-state index contributed by atoms with van der Waals surface area (Å²) >= 11 is 0. The molecule has 0 unspecified atom stereocenters. The number of phenols is 1. The van der Waals surface area contributed by atoms with Gasteiger partial charge in [-0.25, -0.2) is 13.6 Å². The molecule has 0 saturated carbocycles. The molecule has 122 valence electrons. The van der Waals surface area contributed by atoms with Crippen LogP contribution >= 0.6 is 0 Å². The highest BCUT2D eigenvalue weighted by atomic mass is 19.3. The third-order valence-corrected chi connectivity index (χ3v) is 2.43. The van der Waals surface area contributed by atoms with Gasteiger partial charge < -0.3 is 14.9 Å². The Morgan fingerprint density at radius 3 is 2.36 bits per heavy atom. The molecular weight excluding hydrogens is 300 g/mol. The first-order valence-electron chi connectivity index (χ1n) is 6.34. The smallest absolute Gasteiger partial charge is 0.412 e. The second-order valence-electron chi connectivity index (χ2n) is 5.63. The lowest BCUT2D eigenvalue weighted by Crippen LogP contribution is -2.27. The maximum atomic E-state index is 13.7. The molecule has 0 saturated heterocycles. The summed E-state index contributed by atoms with van der Waals surface area (Å²) in [5.41, 5.74) is -1.74.